The number of methoxy groups -OCH3 is 1. The fourth-order valence-corrected chi connectivity index (χ4v) is 1.57. The van der Waals surface area contributed by atoms with Crippen molar-refractivity contribution in [2.75, 3.05) is 7.11 Å². The molecule has 1 heterocycles. The quantitative estimate of drug-likeness (QED) is 0.851. The molecule has 0 unspecified atom stereocenters. The fourth-order valence-electron chi connectivity index (χ4n) is 1.57. The predicted octanol–water partition coefficient (Wildman–Crippen LogP) is 2.14. The third-order valence-electron chi connectivity index (χ3n) is 2.46. The molecule has 0 aliphatic carbocycles. The molecule has 2 rings (SSSR count). The van der Waals surface area contributed by atoms with E-state index in [1.807, 2.05) is 42.5 Å². The van der Waals surface area contributed by atoms with Crippen LogP contribution in [-0.4, -0.2) is 12.1 Å². The summed E-state index contributed by atoms with van der Waals surface area (Å²) in [5.74, 6) is 0.809. The van der Waals surface area contributed by atoms with Crippen LogP contribution in [0.4, 0.5) is 0 Å². The van der Waals surface area contributed by atoms with Gasteiger partial charge in [0, 0.05) is 6.20 Å². The molecular formula is C13H14N2O. The van der Waals surface area contributed by atoms with E-state index in [2.05, 4.69) is 4.98 Å². The average Bonchev–Trinajstić information content (AvgIpc) is 2.39. The molecule has 0 fully saturated rings. The first-order valence-electron chi connectivity index (χ1n) is 5.11. The van der Waals surface area contributed by atoms with E-state index in [4.69, 9.17) is 10.5 Å². The van der Waals surface area contributed by atoms with Crippen molar-refractivity contribution >= 4 is 0 Å². The van der Waals surface area contributed by atoms with Crippen molar-refractivity contribution in [3.8, 4) is 5.75 Å². The Balaban J connectivity index is 2.30. The number of hydrogen-bond donors (Lipinski definition) is 1. The first kappa shape index (κ1) is 10.6. The topological polar surface area (TPSA) is 48.1 Å². The van der Waals surface area contributed by atoms with Gasteiger partial charge in [-0.2, -0.15) is 0 Å². The van der Waals surface area contributed by atoms with Gasteiger partial charge >= 0.3 is 0 Å². The number of hydrogen-bond acceptors (Lipinski definition) is 3. The normalized spacial score (nSPS) is 12.1. The molecule has 0 aliphatic heterocycles. The van der Waals surface area contributed by atoms with Gasteiger partial charge in [-0.15, -0.1) is 0 Å². The van der Waals surface area contributed by atoms with Crippen molar-refractivity contribution in [1.82, 2.24) is 4.98 Å². The lowest BCUT2D eigenvalue weighted by Crippen LogP contribution is -2.13. The Labute approximate surface area is 94.9 Å². The second kappa shape index (κ2) is 4.77. The van der Waals surface area contributed by atoms with Gasteiger partial charge in [-0.3, -0.25) is 4.98 Å². The summed E-state index contributed by atoms with van der Waals surface area (Å²) in [4.78, 5) is 4.24. The average molecular weight is 214 g/mol. The van der Waals surface area contributed by atoms with E-state index in [9.17, 15) is 0 Å². The van der Waals surface area contributed by atoms with E-state index in [-0.39, 0.29) is 6.04 Å². The SMILES string of the molecule is COc1cccc([C@@H](N)c2ccccn2)c1. The van der Waals surface area contributed by atoms with Crippen LogP contribution >= 0.6 is 0 Å². The van der Waals surface area contributed by atoms with E-state index in [1.54, 1.807) is 13.3 Å². The van der Waals surface area contributed by atoms with Gasteiger partial charge in [0.1, 0.15) is 5.75 Å². The van der Waals surface area contributed by atoms with Crippen LogP contribution in [0.2, 0.25) is 0 Å². The highest BCUT2D eigenvalue weighted by Gasteiger charge is 2.09. The summed E-state index contributed by atoms with van der Waals surface area (Å²) in [5, 5.41) is 0. The number of benzene rings is 1. The molecule has 82 valence electrons. The molecule has 0 saturated carbocycles. The van der Waals surface area contributed by atoms with Gasteiger partial charge < -0.3 is 10.5 Å². The van der Waals surface area contributed by atoms with Crippen LogP contribution in [0, 0.1) is 0 Å². The molecule has 1 aromatic carbocycles. The van der Waals surface area contributed by atoms with Gasteiger partial charge in [-0.05, 0) is 29.8 Å². The van der Waals surface area contributed by atoms with E-state index in [0.29, 0.717) is 0 Å². The Bertz CT molecular complexity index is 456. The van der Waals surface area contributed by atoms with Crippen LogP contribution in [0.25, 0.3) is 0 Å². The third-order valence-corrected chi connectivity index (χ3v) is 2.46. The number of rotatable bonds is 3. The van der Waals surface area contributed by atoms with Crippen molar-refractivity contribution in [3.05, 3.63) is 59.9 Å². The standard InChI is InChI=1S/C13H14N2O/c1-16-11-6-4-5-10(9-11)13(14)12-7-2-3-8-15-12/h2-9,13H,14H2,1H3/t13-/m1/s1. The molecule has 16 heavy (non-hydrogen) atoms. The van der Waals surface area contributed by atoms with Gasteiger partial charge in [-0.1, -0.05) is 18.2 Å². The highest BCUT2D eigenvalue weighted by atomic mass is 16.5. The van der Waals surface area contributed by atoms with Crippen LogP contribution in [0.15, 0.2) is 48.7 Å². The summed E-state index contributed by atoms with van der Waals surface area (Å²) in [6.45, 7) is 0. The Kier molecular flexibility index (Phi) is 3.17. The summed E-state index contributed by atoms with van der Waals surface area (Å²) < 4.78 is 5.16. The maximum absolute atomic E-state index is 6.12. The lowest BCUT2D eigenvalue weighted by Gasteiger charge is -2.12. The van der Waals surface area contributed by atoms with Gasteiger partial charge in [0.25, 0.3) is 0 Å². The summed E-state index contributed by atoms with van der Waals surface area (Å²) in [7, 11) is 1.64. The van der Waals surface area contributed by atoms with Crippen molar-refractivity contribution < 1.29 is 4.74 Å². The van der Waals surface area contributed by atoms with E-state index in [0.717, 1.165) is 17.0 Å². The summed E-state index contributed by atoms with van der Waals surface area (Å²) >= 11 is 0. The summed E-state index contributed by atoms with van der Waals surface area (Å²) in [5.41, 5.74) is 7.98. The van der Waals surface area contributed by atoms with E-state index < -0.39 is 0 Å². The molecule has 0 bridgehead atoms. The number of pyridine rings is 1. The van der Waals surface area contributed by atoms with Crippen molar-refractivity contribution in [1.29, 1.82) is 0 Å². The number of aromatic nitrogens is 1. The first-order chi connectivity index (χ1) is 7.81. The number of nitrogens with zero attached hydrogens (tertiary/aromatic N) is 1. The predicted molar refractivity (Wildman–Crippen MR) is 63.3 cm³/mol. The van der Waals surface area contributed by atoms with Gasteiger partial charge in [-0.25, -0.2) is 0 Å². The van der Waals surface area contributed by atoms with Crippen molar-refractivity contribution in [2.45, 2.75) is 6.04 Å². The zero-order valence-corrected chi connectivity index (χ0v) is 9.13. The number of nitrogens with two attached hydrogens (primary N) is 1. The lowest BCUT2D eigenvalue weighted by molar-refractivity contribution is 0.414. The minimum Gasteiger partial charge on any atom is -0.497 e. The van der Waals surface area contributed by atoms with Crippen LogP contribution in [0.3, 0.4) is 0 Å². The van der Waals surface area contributed by atoms with Crippen LogP contribution in [-0.2, 0) is 0 Å². The molecule has 0 saturated heterocycles. The second-order valence-electron chi connectivity index (χ2n) is 3.51. The molecule has 2 aromatic rings. The Morgan fingerprint density at radius 1 is 1.19 bits per heavy atom. The minimum atomic E-state index is -0.212. The molecular weight excluding hydrogens is 200 g/mol. The lowest BCUT2D eigenvalue weighted by atomic mass is 10.0. The minimum absolute atomic E-state index is 0.212. The smallest absolute Gasteiger partial charge is 0.119 e. The second-order valence-corrected chi connectivity index (χ2v) is 3.51. The number of ether oxygens (including phenoxy) is 1. The highest BCUT2D eigenvalue weighted by molar-refractivity contribution is 5.34. The molecule has 1 atom stereocenters. The van der Waals surface area contributed by atoms with Gasteiger partial charge in [0.2, 0.25) is 0 Å². The highest BCUT2D eigenvalue weighted by Crippen LogP contribution is 2.21. The molecule has 0 radical (unpaired) electrons. The van der Waals surface area contributed by atoms with Crippen LogP contribution in [0.1, 0.15) is 17.3 Å². The van der Waals surface area contributed by atoms with Gasteiger partial charge in [0.05, 0.1) is 18.8 Å². The van der Waals surface area contributed by atoms with Crippen molar-refractivity contribution in [3.63, 3.8) is 0 Å². The third kappa shape index (κ3) is 2.20. The molecule has 0 amide bonds. The Morgan fingerprint density at radius 2 is 2.06 bits per heavy atom. The Morgan fingerprint density at radius 3 is 2.75 bits per heavy atom. The van der Waals surface area contributed by atoms with E-state index in [1.165, 1.54) is 0 Å². The fraction of sp³-hybridized carbons (Fsp3) is 0.154. The Hall–Kier alpha value is -1.87. The molecule has 0 spiro atoms. The molecule has 2 N–H and O–H groups in total. The molecule has 1 aromatic heterocycles. The zero-order valence-electron chi connectivity index (χ0n) is 9.13. The van der Waals surface area contributed by atoms with E-state index >= 15 is 0 Å². The largest absolute Gasteiger partial charge is 0.497 e. The molecule has 3 nitrogen and oxygen atoms in total. The maximum atomic E-state index is 6.12. The zero-order chi connectivity index (χ0) is 11.4. The van der Waals surface area contributed by atoms with Gasteiger partial charge in [0.15, 0.2) is 0 Å². The first-order valence-corrected chi connectivity index (χ1v) is 5.11. The van der Waals surface area contributed by atoms with Crippen LogP contribution in [0.5, 0.6) is 5.75 Å². The summed E-state index contributed by atoms with van der Waals surface area (Å²) in [6, 6.07) is 13.2. The molecule has 3 heteroatoms. The van der Waals surface area contributed by atoms with Crippen LogP contribution < -0.4 is 10.5 Å². The summed E-state index contributed by atoms with van der Waals surface area (Å²) in [6.07, 6.45) is 1.75. The maximum Gasteiger partial charge on any atom is 0.119 e. The van der Waals surface area contributed by atoms with Crippen molar-refractivity contribution in [2.24, 2.45) is 5.73 Å². The molecule has 0 aliphatic rings. The monoisotopic (exact) mass is 214 g/mol.